The highest BCUT2D eigenvalue weighted by molar-refractivity contribution is 7.89. The SMILES string of the molecule is CCN(CC)S(=O)(=O)c1ccc2c(c1)nc(CCC(=O)NCCN1CCOCC1)n2CC. The molecule has 178 valence electrons. The Labute approximate surface area is 190 Å². The lowest BCUT2D eigenvalue weighted by Crippen LogP contribution is -2.41. The van der Waals surface area contributed by atoms with Crippen LogP contribution in [0.25, 0.3) is 11.0 Å². The van der Waals surface area contributed by atoms with Crippen LogP contribution >= 0.6 is 0 Å². The van der Waals surface area contributed by atoms with Crippen LogP contribution in [0.2, 0.25) is 0 Å². The standard InChI is InChI=1S/C22H35N5O4S/c1-4-26(5-2)32(29,30)18-7-8-20-19(17-18)24-21(27(20)6-3)9-10-22(28)23-11-12-25-13-15-31-16-14-25/h7-8,17H,4-6,9-16H2,1-3H3,(H,23,28). The van der Waals surface area contributed by atoms with Gasteiger partial charge in [-0.3, -0.25) is 9.69 Å². The maximum Gasteiger partial charge on any atom is 0.243 e. The number of ether oxygens (including phenoxy) is 1. The second kappa shape index (κ2) is 11.2. The minimum atomic E-state index is -3.54. The van der Waals surface area contributed by atoms with Gasteiger partial charge in [-0.2, -0.15) is 4.31 Å². The Morgan fingerprint density at radius 3 is 2.56 bits per heavy atom. The molecule has 1 aliphatic rings. The van der Waals surface area contributed by atoms with E-state index in [1.165, 1.54) is 4.31 Å². The summed E-state index contributed by atoms with van der Waals surface area (Å²) in [6.07, 6.45) is 0.848. The van der Waals surface area contributed by atoms with Crippen molar-refractivity contribution in [1.82, 2.24) is 24.1 Å². The number of carbonyl (C=O) groups is 1. The van der Waals surface area contributed by atoms with Gasteiger partial charge in [0, 0.05) is 58.7 Å². The smallest absolute Gasteiger partial charge is 0.243 e. The largest absolute Gasteiger partial charge is 0.379 e. The average molecular weight is 466 g/mol. The predicted molar refractivity (Wildman–Crippen MR) is 124 cm³/mol. The number of imidazole rings is 1. The number of morpholine rings is 1. The third-order valence-corrected chi connectivity index (χ3v) is 7.93. The van der Waals surface area contributed by atoms with Crippen LogP contribution in [0.1, 0.15) is 33.0 Å². The predicted octanol–water partition coefficient (Wildman–Crippen LogP) is 1.47. The summed E-state index contributed by atoms with van der Waals surface area (Å²) in [5, 5.41) is 2.98. The van der Waals surface area contributed by atoms with Gasteiger partial charge in [0.15, 0.2) is 0 Å². The molecule has 0 aliphatic carbocycles. The molecule has 2 aromatic rings. The Kier molecular flexibility index (Phi) is 8.64. The third-order valence-electron chi connectivity index (χ3n) is 5.89. The molecular formula is C22H35N5O4S. The Hall–Kier alpha value is -2.01. The van der Waals surface area contributed by atoms with Gasteiger partial charge >= 0.3 is 0 Å². The molecule has 2 heterocycles. The summed E-state index contributed by atoms with van der Waals surface area (Å²) in [5.74, 6) is 0.793. The fourth-order valence-corrected chi connectivity index (χ4v) is 5.55. The maximum atomic E-state index is 12.9. The van der Waals surface area contributed by atoms with Gasteiger partial charge in [0.25, 0.3) is 0 Å². The Morgan fingerprint density at radius 2 is 1.91 bits per heavy atom. The number of hydrogen-bond donors (Lipinski definition) is 1. The first kappa shape index (κ1) is 24.6. The van der Waals surface area contributed by atoms with E-state index in [1.54, 1.807) is 12.1 Å². The van der Waals surface area contributed by atoms with Gasteiger partial charge in [-0.15, -0.1) is 0 Å². The van der Waals surface area contributed by atoms with Gasteiger partial charge < -0.3 is 14.6 Å². The Balaban J connectivity index is 1.65. The molecule has 0 spiro atoms. The van der Waals surface area contributed by atoms with E-state index in [0.717, 1.165) is 44.2 Å². The first-order chi connectivity index (χ1) is 15.4. The number of rotatable bonds is 11. The molecule has 0 radical (unpaired) electrons. The molecule has 3 rings (SSSR count). The first-order valence-corrected chi connectivity index (χ1v) is 12.9. The molecule has 0 unspecified atom stereocenters. The minimum absolute atomic E-state index is 0.00207. The number of carbonyl (C=O) groups excluding carboxylic acids is 1. The van der Waals surface area contributed by atoms with Gasteiger partial charge in [-0.1, -0.05) is 13.8 Å². The molecule has 1 fully saturated rings. The molecule has 0 atom stereocenters. The molecule has 1 saturated heterocycles. The second-order valence-electron chi connectivity index (χ2n) is 7.82. The number of aryl methyl sites for hydroxylation is 2. The van der Waals surface area contributed by atoms with Crippen molar-refractivity contribution in [1.29, 1.82) is 0 Å². The third kappa shape index (κ3) is 5.67. The average Bonchev–Trinajstić information content (AvgIpc) is 3.15. The number of nitrogens with one attached hydrogen (secondary N) is 1. The topological polar surface area (TPSA) is 96.8 Å². The molecule has 1 aromatic carbocycles. The molecule has 0 bridgehead atoms. The summed E-state index contributed by atoms with van der Waals surface area (Å²) in [6, 6.07) is 5.10. The summed E-state index contributed by atoms with van der Waals surface area (Å²) < 4.78 is 34.5. The number of sulfonamides is 1. The quantitative estimate of drug-likeness (QED) is 0.540. The van der Waals surface area contributed by atoms with Crippen LogP contribution in [-0.4, -0.2) is 85.6 Å². The highest BCUT2D eigenvalue weighted by atomic mass is 32.2. The van der Waals surface area contributed by atoms with E-state index in [-0.39, 0.29) is 10.8 Å². The van der Waals surface area contributed by atoms with Gasteiger partial charge in [0.2, 0.25) is 15.9 Å². The number of fused-ring (bicyclic) bond motifs is 1. The molecule has 1 amide bonds. The molecule has 10 heteroatoms. The van der Waals surface area contributed by atoms with Gasteiger partial charge in [-0.25, -0.2) is 13.4 Å². The van der Waals surface area contributed by atoms with Gasteiger partial charge in [-0.05, 0) is 25.1 Å². The Morgan fingerprint density at radius 1 is 1.19 bits per heavy atom. The molecular weight excluding hydrogens is 430 g/mol. The second-order valence-corrected chi connectivity index (χ2v) is 9.75. The van der Waals surface area contributed by atoms with Gasteiger partial charge in [0.1, 0.15) is 5.82 Å². The van der Waals surface area contributed by atoms with Crippen LogP contribution in [0, 0.1) is 0 Å². The molecule has 32 heavy (non-hydrogen) atoms. The molecule has 1 aliphatic heterocycles. The van der Waals surface area contributed by atoms with Crippen LogP contribution in [0.5, 0.6) is 0 Å². The number of amides is 1. The lowest BCUT2D eigenvalue weighted by atomic mass is 10.2. The number of nitrogens with zero attached hydrogens (tertiary/aromatic N) is 4. The van der Waals surface area contributed by atoms with Crippen molar-refractivity contribution in [2.75, 3.05) is 52.5 Å². The van der Waals surface area contributed by atoms with Crippen molar-refractivity contribution in [2.24, 2.45) is 0 Å². The highest BCUT2D eigenvalue weighted by Crippen LogP contribution is 2.23. The van der Waals surface area contributed by atoms with Gasteiger partial charge in [0.05, 0.1) is 29.1 Å². The fraction of sp³-hybridized carbons (Fsp3) is 0.636. The molecule has 9 nitrogen and oxygen atoms in total. The van der Waals surface area contributed by atoms with E-state index in [4.69, 9.17) is 4.74 Å². The lowest BCUT2D eigenvalue weighted by Gasteiger charge is -2.26. The van der Waals surface area contributed by atoms with E-state index in [1.807, 2.05) is 31.4 Å². The van der Waals surface area contributed by atoms with E-state index < -0.39 is 10.0 Å². The zero-order valence-electron chi connectivity index (χ0n) is 19.3. The van der Waals surface area contributed by atoms with E-state index >= 15 is 0 Å². The number of hydrogen-bond acceptors (Lipinski definition) is 6. The van der Waals surface area contributed by atoms with Crippen LogP contribution in [0.15, 0.2) is 23.1 Å². The van der Waals surface area contributed by atoms with Crippen molar-refractivity contribution >= 4 is 27.0 Å². The number of benzene rings is 1. The van der Waals surface area contributed by atoms with Crippen molar-refractivity contribution in [3.05, 3.63) is 24.0 Å². The van der Waals surface area contributed by atoms with E-state index in [0.29, 0.717) is 44.5 Å². The summed E-state index contributed by atoms with van der Waals surface area (Å²) in [4.78, 5) is 19.5. The van der Waals surface area contributed by atoms with Crippen molar-refractivity contribution in [3.63, 3.8) is 0 Å². The van der Waals surface area contributed by atoms with Crippen LogP contribution in [0.4, 0.5) is 0 Å². The fourth-order valence-electron chi connectivity index (χ4n) is 4.07. The lowest BCUT2D eigenvalue weighted by molar-refractivity contribution is -0.121. The zero-order chi connectivity index (χ0) is 23.1. The summed E-state index contributed by atoms with van der Waals surface area (Å²) in [7, 11) is -3.54. The van der Waals surface area contributed by atoms with E-state index in [2.05, 4.69) is 15.2 Å². The summed E-state index contributed by atoms with van der Waals surface area (Å²) >= 11 is 0. The monoisotopic (exact) mass is 465 g/mol. The maximum absolute atomic E-state index is 12.9. The first-order valence-electron chi connectivity index (χ1n) is 11.5. The van der Waals surface area contributed by atoms with Crippen LogP contribution in [-0.2, 0) is 32.5 Å². The number of aromatic nitrogens is 2. The van der Waals surface area contributed by atoms with E-state index in [9.17, 15) is 13.2 Å². The zero-order valence-corrected chi connectivity index (χ0v) is 20.2. The highest BCUT2D eigenvalue weighted by Gasteiger charge is 2.23. The van der Waals surface area contributed by atoms with Crippen LogP contribution in [0.3, 0.4) is 0 Å². The van der Waals surface area contributed by atoms with Crippen LogP contribution < -0.4 is 5.32 Å². The van der Waals surface area contributed by atoms with Crippen molar-refractivity contribution in [3.8, 4) is 0 Å². The molecule has 0 saturated carbocycles. The molecule has 1 N–H and O–H groups in total. The molecule has 1 aromatic heterocycles. The van der Waals surface area contributed by atoms with Crippen molar-refractivity contribution in [2.45, 2.75) is 45.1 Å². The minimum Gasteiger partial charge on any atom is -0.379 e. The summed E-state index contributed by atoms with van der Waals surface area (Å²) in [5.41, 5.74) is 1.52. The normalized spacial score (nSPS) is 15.5. The van der Waals surface area contributed by atoms with Crippen molar-refractivity contribution < 1.29 is 17.9 Å². The Bertz CT molecular complexity index is 1010. The summed E-state index contributed by atoms with van der Waals surface area (Å²) in [6.45, 7) is 12.0.